The fourth-order valence-electron chi connectivity index (χ4n) is 1.08. The van der Waals surface area contributed by atoms with Crippen molar-refractivity contribution in [1.29, 1.82) is 0 Å². The van der Waals surface area contributed by atoms with Gasteiger partial charge in [0.2, 0.25) is 0 Å². The van der Waals surface area contributed by atoms with Crippen LogP contribution < -0.4 is 4.74 Å². The van der Waals surface area contributed by atoms with E-state index in [1.54, 1.807) is 0 Å². The number of carbonyl (C=O) groups excluding carboxylic acids is 1. The molecule has 0 atom stereocenters. The van der Waals surface area contributed by atoms with Gasteiger partial charge in [0.15, 0.2) is 5.78 Å². The number of carbonyl (C=O) groups is 1. The highest BCUT2D eigenvalue weighted by Crippen LogP contribution is 2.29. The SMILES string of the molecule is CC(=O)c1c(F)cc(OC(F)(F)F)cc1Cl. The molecule has 0 aliphatic heterocycles. The summed E-state index contributed by atoms with van der Waals surface area (Å²) < 4.78 is 52.1. The molecular formula is C9H5ClF4O2. The molecule has 88 valence electrons. The lowest BCUT2D eigenvalue weighted by Gasteiger charge is -2.10. The van der Waals surface area contributed by atoms with Gasteiger partial charge in [-0.25, -0.2) is 4.39 Å². The van der Waals surface area contributed by atoms with E-state index >= 15 is 0 Å². The van der Waals surface area contributed by atoms with E-state index in [0.29, 0.717) is 6.07 Å². The Morgan fingerprint density at radius 1 is 1.38 bits per heavy atom. The van der Waals surface area contributed by atoms with Crippen LogP contribution in [0.5, 0.6) is 5.75 Å². The quantitative estimate of drug-likeness (QED) is 0.597. The molecule has 0 aromatic heterocycles. The van der Waals surface area contributed by atoms with E-state index < -0.39 is 34.3 Å². The standard InChI is InChI=1S/C9H5ClF4O2/c1-4(15)8-6(10)2-5(3-7(8)11)16-9(12,13)14/h2-3H,1H3. The Bertz CT molecular complexity index is 405. The smallest absolute Gasteiger partial charge is 0.406 e. The minimum absolute atomic E-state index is 0.424. The van der Waals surface area contributed by atoms with Crippen molar-refractivity contribution in [3.8, 4) is 5.75 Å². The lowest BCUT2D eigenvalue weighted by Crippen LogP contribution is -2.17. The maximum atomic E-state index is 13.2. The minimum Gasteiger partial charge on any atom is -0.406 e. The maximum Gasteiger partial charge on any atom is 0.573 e. The molecule has 1 aromatic rings. The molecule has 0 N–H and O–H groups in total. The van der Waals surface area contributed by atoms with Gasteiger partial charge in [-0.1, -0.05) is 11.6 Å². The van der Waals surface area contributed by atoms with E-state index in [4.69, 9.17) is 11.6 Å². The van der Waals surface area contributed by atoms with Crippen molar-refractivity contribution in [3.63, 3.8) is 0 Å². The molecule has 0 amide bonds. The van der Waals surface area contributed by atoms with Gasteiger partial charge in [-0.3, -0.25) is 4.79 Å². The van der Waals surface area contributed by atoms with E-state index in [0.717, 1.165) is 13.0 Å². The van der Waals surface area contributed by atoms with Gasteiger partial charge in [-0.15, -0.1) is 13.2 Å². The molecule has 0 heterocycles. The van der Waals surface area contributed by atoms with Crippen molar-refractivity contribution in [2.75, 3.05) is 0 Å². The summed E-state index contributed by atoms with van der Waals surface area (Å²) in [4.78, 5) is 10.9. The van der Waals surface area contributed by atoms with Gasteiger partial charge >= 0.3 is 6.36 Å². The van der Waals surface area contributed by atoms with Gasteiger partial charge in [-0.2, -0.15) is 0 Å². The topological polar surface area (TPSA) is 26.3 Å². The van der Waals surface area contributed by atoms with Gasteiger partial charge in [0.05, 0.1) is 10.6 Å². The van der Waals surface area contributed by atoms with Crippen molar-refractivity contribution in [2.24, 2.45) is 0 Å². The van der Waals surface area contributed by atoms with E-state index in [2.05, 4.69) is 4.74 Å². The van der Waals surface area contributed by atoms with Crippen LogP contribution in [-0.4, -0.2) is 12.1 Å². The zero-order valence-electron chi connectivity index (χ0n) is 7.86. The molecule has 1 rings (SSSR count). The molecule has 0 saturated carbocycles. The molecule has 0 saturated heterocycles. The van der Waals surface area contributed by atoms with Crippen LogP contribution in [-0.2, 0) is 0 Å². The first-order valence-electron chi connectivity index (χ1n) is 3.96. The Morgan fingerprint density at radius 2 is 1.94 bits per heavy atom. The summed E-state index contributed by atoms with van der Waals surface area (Å²) >= 11 is 5.45. The summed E-state index contributed by atoms with van der Waals surface area (Å²) in [5.41, 5.74) is -0.462. The Morgan fingerprint density at radius 3 is 2.31 bits per heavy atom. The molecule has 0 bridgehead atoms. The number of alkyl halides is 3. The first-order valence-corrected chi connectivity index (χ1v) is 4.34. The Labute approximate surface area is 92.8 Å². The Hall–Kier alpha value is -1.30. The van der Waals surface area contributed by atoms with Gasteiger partial charge in [0.1, 0.15) is 11.6 Å². The van der Waals surface area contributed by atoms with Crippen molar-refractivity contribution in [1.82, 2.24) is 0 Å². The molecule has 0 radical (unpaired) electrons. The monoisotopic (exact) mass is 256 g/mol. The number of benzene rings is 1. The number of Topliss-reactive ketones (excluding diaryl/α,β-unsaturated/α-hetero) is 1. The lowest BCUT2D eigenvalue weighted by molar-refractivity contribution is -0.274. The molecule has 7 heteroatoms. The summed E-state index contributed by atoms with van der Waals surface area (Å²) in [6, 6.07) is 1.19. The second-order valence-corrected chi connectivity index (χ2v) is 3.27. The first-order chi connectivity index (χ1) is 7.20. The average Bonchev–Trinajstić information content (AvgIpc) is 1.96. The fourth-order valence-corrected chi connectivity index (χ4v) is 1.41. The van der Waals surface area contributed by atoms with Crippen molar-refractivity contribution >= 4 is 17.4 Å². The van der Waals surface area contributed by atoms with Crippen molar-refractivity contribution < 1.29 is 27.1 Å². The highest BCUT2D eigenvalue weighted by molar-refractivity contribution is 6.34. The van der Waals surface area contributed by atoms with Gasteiger partial charge in [0.25, 0.3) is 0 Å². The highest BCUT2D eigenvalue weighted by atomic mass is 35.5. The molecule has 0 aliphatic carbocycles. The van der Waals surface area contributed by atoms with Crippen LogP contribution in [0.4, 0.5) is 17.6 Å². The summed E-state index contributed by atoms with van der Waals surface area (Å²) in [6.07, 6.45) is -4.94. The van der Waals surface area contributed by atoms with Gasteiger partial charge in [0, 0.05) is 12.1 Å². The predicted molar refractivity (Wildman–Crippen MR) is 48.1 cm³/mol. The van der Waals surface area contributed by atoms with Crippen LogP contribution in [0.25, 0.3) is 0 Å². The second-order valence-electron chi connectivity index (χ2n) is 2.87. The fraction of sp³-hybridized carbons (Fsp3) is 0.222. The van der Waals surface area contributed by atoms with Crippen LogP contribution in [0.3, 0.4) is 0 Å². The largest absolute Gasteiger partial charge is 0.573 e. The number of rotatable bonds is 2. The summed E-state index contributed by atoms with van der Waals surface area (Å²) in [5, 5.41) is -0.424. The number of hydrogen-bond acceptors (Lipinski definition) is 2. The molecule has 16 heavy (non-hydrogen) atoms. The third-order valence-corrected chi connectivity index (χ3v) is 1.90. The number of ether oxygens (including phenoxy) is 1. The molecule has 0 unspecified atom stereocenters. The number of hydrogen-bond donors (Lipinski definition) is 0. The second kappa shape index (κ2) is 4.29. The van der Waals surface area contributed by atoms with Crippen LogP contribution in [0.15, 0.2) is 12.1 Å². The van der Waals surface area contributed by atoms with Crippen LogP contribution >= 0.6 is 11.6 Å². The lowest BCUT2D eigenvalue weighted by atomic mass is 10.1. The molecule has 1 aromatic carbocycles. The molecular weight excluding hydrogens is 252 g/mol. The van der Waals surface area contributed by atoms with E-state index in [1.807, 2.05) is 0 Å². The maximum absolute atomic E-state index is 13.2. The number of ketones is 1. The highest BCUT2D eigenvalue weighted by Gasteiger charge is 2.31. The number of halogens is 5. The van der Waals surface area contributed by atoms with E-state index in [1.165, 1.54) is 0 Å². The zero-order valence-corrected chi connectivity index (χ0v) is 8.62. The molecule has 0 aliphatic rings. The van der Waals surface area contributed by atoms with Crippen molar-refractivity contribution in [3.05, 3.63) is 28.5 Å². The van der Waals surface area contributed by atoms with E-state index in [-0.39, 0.29) is 0 Å². The van der Waals surface area contributed by atoms with Crippen LogP contribution in [0.2, 0.25) is 5.02 Å². The van der Waals surface area contributed by atoms with E-state index in [9.17, 15) is 22.4 Å². The zero-order chi connectivity index (χ0) is 12.5. The minimum atomic E-state index is -4.94. The Kier molecular flexibility index (Phi) is 3.42. The average molecular weight is 257 g/mol. The molecule has 2 nitrogen and oxygen atoms in total. The summed E-state index contributed by atoms with van der Waals surface area (Å²) in [6.45, 7) is 1.05. The predicted octanol–water partition coefficient (Wildman–Crippen LogP) is 3.58. The third-order valence-electron chi connectivity index (χ3n) is 1.60. The molecule has 0 fully saturated rings. The van der Waals surface area contributed by atoms with Gasteiger partial charge < -0.3 is 4.74 Å². The first kappa shape index (κ1) is 12.8. The molecule has 0 spiro atoms. The van der Waals surface area contributed by atoms with Gasteiger partial charge in [-0.05, 0) is 6.92 Å². The summed E-state index contributed by atoms with van der Waals surface area (Å²) in [7, 11) is 0. The summed E-state index contributed by atoms with van der Waals surface area (Å²) in [5.74, 6) is -2.64. The van der Waals surface area contributed by atoms with Crippen LogP contribution in [0.1, 0.15) is 17.3 Å². The van der Waals surface area contributed by atoms with Crippen LogP contribution in [0, 0.1) is 5.82 Å². The normalized spacial score (nSPS) is 11.4. The third kappa shape index (κ3) is 3.10. The van der Waals surface area contributed by atoms with Crippen molar-refractivity contribution in [2.45, 2.75) is 13.3 Å². The Balaban J connectivity index is 3.15.